The summed E-state index contributed by atoms with van der Waals surface area (Å²) in [7, 11) is 0. The van der Waals surface area contributed by atoms with Crippen molar-refractivity contribution in [2.24, 2.45) is 0 Å². The Morgan fingerprint density at radius 3 is 2.08 bits per heavy atom. The second-order valence-electron chi connectivity index (χ2n) is 6.22. The van der Waals surface area contributed by atoms with E-state index < -0.39 is 0 Å². The molecule has 0 saturated heterocycles. The molecule has 0 saturated carbocycles. The van der Waals surface area contributed by atoms with E-state index in [4.69, 9.17) is 4.98 Å². The number of hydrogen-bond donors (Lipinski definition) is 0. The Morgan fingerprint density at radius 2 is 1.32 bits per heavy atom. The molecule has 0 bridgehead atoms. The molecule has 2 aromatic heterocycles. The molecule has 3 heteroatoms. The molecule has 0 spiro atoms. The van der Waals surface area contributed by atoms with Gasteiger partial charge in [-0.15, -0.1) is 0 Å². The molecule has 2 heterocycles. The Bertz CT molecular complexity index is 1150. The largest absolute Gasteiger partial charge is 0.305 e. The van der Waals surface area contributed by atoms with Crippen LogP contribution in [0.2, 0.25) is 0 Å². The zero-order valence-corrected chi connectivity index (χ0v) is 13.7. The summed E-state index contributed by atoms with van der Waals surface area (Å²) in [5.74, 6) is 0.976. The van der Waals surface area contributed by atoms with Crippen molar-refractivity contribution in [2.45, 2.75) is 6.54 Å². The molecule has 3 aromatic carbocycles. The monoisotopic (exact) mass is 323 g/mol. The first-order chi connectivity index (χ1) is 12.4. The summed E-state index contributed by atoms with van der Waals surface area (Å²) in [6, 6.07) is 29.4. The van der Waals surface area contributed by atoms with Gasteiger partial charge in [-0.1, -0.05) is 72.8 Å². The second kappa shape index (κ2) is 5.64. The van der Waals surface area contributed by atoms with Gasteiger partial charge in [0, 0.05) is 11.8 Å². The third-order valence-electron chi connectivity index (χ3n) is 4.61. The summed E-state index contributed by atoms with van der Waals surface area (Å²) in [5, 5.41) is 0. The van der Waals surface area contributed by atoms with Crippen LogP contribution in [0.15, 0.2) is 91.1 Å². The highest BCUT2D eigenvalue weighted by Gasteiger charge is 2.14. The Morgan fingerprint density at radius 1 is 0.680 bits per heavy atom. The first kappa shape index (κ1) is 14.1. The van der Waals surface area contributed by atoms with Crippen molar-refractivity contribution in [3.05, 3.63) is 96.7 Å². The van der Waals surface area contributed by atoms with Crippen LogP contribution in [-0.4, -0.2) is 14.0 Å². The van der Waals surface area contributed by atoms with Crippen molar-refractivity contribution in [3.63, 3.8) is 0 Å². The smallest absolute Gasteiger partial charge is 0.215 e. The molecule has 0 aliphatic carbocycles. The summed E-state index contributed by atoms with van der Waals surface area (Å²) >= 11 is 0. The minimum atomic E-state index is 0.809. The van der Waals surface area contributed by atoms with Gasteiger partial charge in [-0.2, -0.15) is 0 Å². The molecule has 0 aliphatic rings. The van der Waals surface area contributed by atoms with Gasteiger partial charge in [-0.05, 0) is 17.7 Å². The number of hydrogen-bond acceptors (Lipinski definition) is 1. The lowest BCUT2D eigenvalue weighted by molar-refractivity contribution is 0.846. The van der Waals surface area contributed by atoms with Crippen LogP contribution in [0.5, 0.6) is 0 Å². The van der Waals surface area contributed by atoms with Crippen LogP contribution in [0, 0.1) is 0 Å². The van der Waals surface area contributed by atoms with Gasteiger partial charge in [-0.3, -0.25) is 4.40 Å². The summed E-state index contributed by atoms with van der Waals surface area (Å²) in [6.07, 6.45) is 2.13. The molecule has 0 amide bonds. The van der Waals surface area contributed by atoms with Crippen LogP contribution < -0.4 is 0 Å². The fourth-order valence-electron chi connectivity index (χ4n) is 3.41. The van der Waals surface area contributed by atoms with E-state index in [1.54, 1.807) is 0 Å². The zero-order valence-electron chi connectivity index (χ0n) is 13.7. The number of fused-ring (bicyclic) bond motifs is 3. The van der Waals surface area contributed by atoms with Gasteiger partial charge >= 0.3 is 0 Å². The van der Waals surface area contributed by atoms with Crippen molar-refractivity contribution in [2.75, 3.05) is 0 Å². The van der Waals surface area contributed by atoms with Gasteiger partial charge in [0.15, 0.2) is 0 Å². The predicted molar refractivity (Wildman–Crippen MR) is 102 cm³/mol. The third kappa shape index (κ3) is 2.32. The fraction of sp³-hybridized carbons (Fsp3) is 0.0455. The summed E-state index contributed by atoms with van der Waals surface area (Å²) in [6.45, 7) is 0.809. The van der Waals surface area contributed by atoms with Gasteiger partial charge < -0.3 is 4.57 Å². The fourth-order valence-corrected chi connectivity index (χ4v) is 3.41. The molecular formula is C22H17N3. The van der Waals surface area contributed by atoms with Gasteiger partial charge in [0.25, 0.3) is 0 Å². The number of rotatable bonds is 3. The number of benzene rings is 3. The molecule has 3 nitrogen and oxygen atoms in total. The maximum atomic E-state index is 4.94. The first-order valence-electron chi connectivity index (χ1n) is 8.46. The highest BCUT2D eigenvalue weighted by Crippen LogP contribution is 2.26. The average molecular weight is 323 g/mol. The quantitative estimate of drug-likeness (QED) is 0.458. The highest BCUT2D eigenvalue weighted by molar-refractivity contribution is 5.82. The molecule has 5 aromatic rings. The van der Waals surface area contributed by atoms with Crippen molar-refractivity contribution in [3.8, 4) is 11.3 Å². The Labute approximate surface area is 145 Å². The summed E-state index contributed by atoms with van der Waals surface area (Å²) < 4.78 is 4.48. The molecule has 0 atom stereocenters. The molecule has 0 unspecified atom stereocenters. The van der Waals surface area contributed by atoms with E-state index in [-0.39, 0.29) is 0 Å². The number of nitrogens with zero attached hydrogens (tertiary/aromatic N) is 3. The van der Waals surface area contributed by atoms with Gasteiger partial charge in [0.1, 0.15) is 0 Å². The van der Waals surface area contributed by atoms with Crippen molar-refractivity contribution >= 4 is 16.8 Å². The topological polar surface area (TPSA) is 22.2 Å². The molecular weight excluding hydrogens is 306 g/mol. The lowest BCUT2D eigenvalue weighted by atomic mass is 10.2. The lowest BCUT2D eigenvalue weighted by Crippen LogP contribution is -2.00. The highest BCUT2D eigenvalue weighted by atomic mass is 15.2. The van der Waals surface area contributed by atoms with Crippen LogP contribution in [0.25, 0.3) is 28.1 Å². The van der Waals surface area contributed by atoms with Crippen LogP contribution in [0.1, 0.15) is 5.56 Å². The van der Waals surface area contributed by atoms with Crippen LogP contribution >= 0.6 is 0 Å². The van der Waals surface area contributed by atoms with Crippen molar-refractivity contribution in [1.29, 1.82) is 0 Å². The Hall–Kier alpha value is -3.33. The number of para-hydroxylation sites is 2. The SMILES string of the molecule is c1ccc(Cn2c3ccccc3n3cc(-c4ccccc4)nc23)cc1. The van der Waals surface area contributed by atoms with E-state index >= 15 is 0 Å². The number of aromatic nitrogens is 3. The zero-order chi connectivity index (χ0) is 16.6. The minimum Gasteiger partial charge on any atom is -0.305 e. The second-order valence-corrected chi connectivity index (χ2v) is 6.22. The Balaban J connectivity index is 1.74. The molecule has 25 heavy (non-hydrogen) atoms. The molecule has 0 radical (unpaired) electrons. The lowest BCUT2D eigenvalue weighted by Gasteiger charge is -2.05. The normalized spacial score (nSPS) is 11.4. The van der Waals surface area contributed by atoms with E-state index in [9.17, 15) is 0 Å². The van der Waals surface area contributed by atoms with Crippen LogP contribution in [0.4, 0.5) is 0 Å². The summed E-state index contributed by atoms with van der Waals surface area (Å²) in [4.78, 5) is 4.94. The molecule has 0 aliphatic heterocycles. The third-order valence-corrected chi connectivity index (χ3v) is 4.61. The standard InChI is InChI=1S/C22H17N3/c1-3-9-17(10-4-1)15-24-20-13-7-8-14-21(20)25-16-19(23-22(24)25)18-11-5-2-6-12-18/h1-14,16H,15H2. The van der Waals surface area contributed by atoms with Crippen molar-refractivity contribution in [1.82, 2.24) is 14.0 Å². The van der Waals surface area contributed by atoms with Gasteiger partial charge in [0.05, 0.1) is 23.3 Å². The molecule has 5 rings (SSSR count). The van der Waals surface area contributed by atoms with Gasteiger partial charge in [-0.25, -0.2) is 4.98 Å². The number of imidazole rings is 2. The van der Waals surface area contributed by atoms with E-state index in [1.165, 1.54) is 16.6 Å². The van der Waals surface area contributed by atoms with Crippen LogP contribution in [0.3, 0.4) is 0 Å². The Kier molecular flexibility index (Phi) is 3.17. The van der Waals surface area contributed by atoms with E-state index in [1.807, 2.05) is 6.07 Å². The average Bonchev–Trinajstić information content (AvgIpc) is 3.23. The maximum absolute atomic E-state index is 4.94. The maximum Gasteiger partial charge on any atom is 0.215 e. The van der Waals surface area contributed by atoms with E-state index in [0.29, 0.717) is 0 Å². The molecule has 0 N–H and O–H groups in total. The van der Waals surface area contributed by atoms with Gasteiger partial charge in [0.2, 0.25) is 5.78 Å². The molecule has 0 fully saturated rings. The van der Waals surface area contributed by atoms with Crippen molar-refractivity contribution < 1.29 is 0 Å². The van der Waals surface area contributed by atoms with E-state index in [0.717, 1.165) is 23.6 Å². The summed E-state index contributed by atoms with van der Waals surface area (Å²) in [5.41, 5.74) is 5.80. The van der Waals surface area contributed by atoms with Crippen LogP contribution in [-0.2, 0) is 6.54 Å². The predicted octanol–water partition coefficient (Wildman–Crippen LogP) is 5.00. The van der Waals surface area contributed by atoms with E-state index in [2.05, 4.69) is 94.0 Å². The molecule has 120 valence electrons. The minimum absolute atomic E-state index is 0.809. The first-order valence-corrected chi connectivity index (χ1v) is 8.46.